The van der Waals surface area contributed by atoms with Gasteiger partial charge >= 0.3 is 11.8 Å². The lowest BCUT2D eigenvalue weighted by molar-refractivity contribution is 0.0636. The number of fused-ring (bicyclic) bond motifs is 1. The Morgan fingerprint density at radius 3 is 2.74 bits per heavy atom. The third-order valence-corrected chi connectivity index (χ3v) is 2.32. The average molecular weight is 264 g/mol. The molecule has 2 heterocycles. The van der Waals surface area contributed by atoms with Crippen molar-refractivity contribution in [2.24, 2.45) is 7.05 Å². The minimum atomic E-state index is -0.559. The van der Waals surface area contributed by atoms with E-state index in [1.165, 1.54) is 9.08 Å². The summed E-state index contributed by atoms with van der Waals surface area (Å²) in [5.74, 6) is 0. The first-order chi connectivity index (χ1) is 8.76. The second-order valence-electron chi connectivity index (χ2n) is 5.18. The van der Waals surface area contributed by atoms with Crippen LogP contribution in [0.2, 0.25) is 0 Å². The quantitative estimate of drug-likeness (QED) is 0.844. The van der Waals surface area contributed by atoms with Crippen molar-refractivity contribution in [1.82, 2.24) is 14.2 Å². The van der Waals surface area contributed by atoms with Crippen molar-refractivity contribution in [2.45, 2.75) is 26.4 Å². The average Bonchev–Trinajstić information content (AvgIpc) is 2.51. The molecule has 1 N–H and O–H groups in total. The third-order valence-electron chi connectivity index (χ3n) is 2.32. The summed E-state index contributed by atoms with van der Waals surface area (Å²) in [6, 6.07) is 3.21. The first-order valence-electron chi connectivity index (χ1n) is 5.82. The molecule has 0 unspecified atom stereocenters. The zero-order valence-corrected chi connectivity index (χ0v) is 11.3. The summed E-state index contributed by atoms with van der Waals surface area (Å²) < 4.78 is 7.76. The number of carbonyl (C=O) groups is 1. The molecule has 7 nitrogen and oxygen atoms in total. The van der Waals surface area contributed by atoms with Gasteiger partial charge in [-0.3, -0.25) is 9.72 Å². The third kappa shape index (κ3) is 2.93. The Kier molecular flexibility index (Phi) is 3.05. The SMILES string of the molecule is Cn1nc2cc(NC(=O)OC(C)(C)C)ccn2c1=O. The summed E-state index contributed by atoms with van der Waals surface area (Å²) in [5.41, 5.74) is 0.183. The maximum absolute atomic E-state index is 11.6. The minimum Gasteiger partial charge on any atom is -0.444 e. The predicted molar refractivity (Wildman–Crippen MR) is 70.3 cm³/mol. The van der Waals surface area contributed by atoms with Gasteiger partial charge in [0.05, 0.1) is 0 Å². The van der Waals surface area contributed by atoms with E-state index >= 15 is 0 Å². The number of nitrogens with one attached hydrogen (secondary N) is 1. The fraction of sp³-hybridized carbons (Fsp3) is 0.417. The fourth-order valence-corrected chi connectivity index (χ4v) is 1.58. The summed E-state index contributed by atoms with van der Waals surface area (Å²) in [6.45, 7) is 5.36. The van der Waals surface area contributed by atoms with Crippen molar-refractivity contribution in [1.29, 1.82) is 0 Å². The van der Waals surface area contributed by atoms with Crippen LogP contribution in [-0.2, 0) is 11.8 Å². The van der Waals surface area contributed by atoms with Gasteiger partial charge in [0.25, 0.3) is 0 Å². The van der Waals surface area contributed by atoms with E-state index in [0.29, 0.717) is 11.3 Å². The molecule has 0 atom stereocenters. The van der Waals surface area contributed by atoms with E-state index in [1.807, 2.05) is 0 Å². The minimum absolute atomic E-state index is 0.237. The van der Waals surface area contributed by atoms with Gasteiger partial charge in [-0.25, -0.2) is 14.3 Å². The highest BCUT2D eigenvalue weighted by Gasteiger charge is 2.16. The van der Waals surface area contributed by atoms with Crippen molar-refractivity contribution < 1.29 is 9.53 Å². The molecule has 1 amide bonds. The molecular weight excluding hydrogens is 248 g/mol. The van der Waals surface area contributed by atoms with Crippen molar-refractivity contribution in [3.8, 4) is 0 Å². The fourth-order valence-electron chi connectivity index (χ4n) is 1.58. The van der Waals surface area contributed by atoms with Crippen LogP contribution >= 0.6 is 0 Å². The number of anilines is 1. The molecule has 0 saturated carbocycles. The van der Waals surface area contributed by atoms with Gasteiger partial charge in [0.1, 0.15) is 5.60 Å². The van der Waals surface area contributed by atoms with Crippen LogP contribution in [0.5, 0.6) is 0 Å². The number of amides is 1. The number of rotatable bonds is 1. The Bertz CT molecular complexity index is 678. The maximum atomic E-state index is 11.6. The lowest BCUT2D eigenvalue weighted by Crippen LogP contribution is -2.27. The summed E-state index contributed by atoms with van der Waals surface area (Å²) in [4.78, 5) is 23.2. The molecule has 7 heteroatoms. The van der Waals surface area contributed by atoms with Crippen LogP contribution in [0.1, 0.15) is 20.8 Å². The lowest BCUT2D eigenvalue weighted by Gasteiger charge is -2.19. The van der Waals surface area contributed by atoms with Gasteiger partial charge in [-0.15, -0.1) is 0 Å². The lowest BCUT2D eigenvalue weighted by atomic mass is 10.2. The van der Waals surface area contributed by atoms with Crippen molar-refractivity contribution in [2.75, 3.05) is 5.32 Å². The second kappa shape index (κ2) is 4.42. The number of aryl methyl sites for hydroxylation is 1. The highest BCUT2D eigenvalue weighted by atomic mass is 16.6. The van der Waals surface area contributed by atoms with E-state index in [-0.39, 0.29) is 5.69 Å². The van der Waals surface area contributed by atoms with Gasteiger partial charge in [0.15, 0.2) is 5.65 Å². The van der Waals surface area contributed by atoms with Crippen molar-refractivity contribution >= 4 is 17.4 Å². The number of ether oxygens (including phenoxy) is 1. The van der Waals surface area contributed by atoms with Gasteiger partial charge < -0.3 is 4.74 Å². The van der Waals surface area contributed by atoms with E-state index in [9.17, 15) is 9.59 Å². The molecule has 0 aromatic carbocycles. The Morgan fingerprint density at radius 2 is 2.11 bits per heavy atom. The van der Waals surface area contributed by atoms with Crippen LogP contribution in [0.25, 0.3) is 5.65 Å². The van der Waals surface area contributed by atoms with E-state index < -0.39 is 11.7 Å². The maximum Gasteiger partial charge on any atom is 0.412 e. The van der Waals surface area contributed by atoms with Crippen LogP contribution < -0.4 is 11.0 Å². The van der Waals surface area contributed by atoms with E-state index in [0.717, 1.165) is 0 Å². The number of pyridine rings is 1. The summed E-state index contributed by atoms with van der Waals surface area (Å²) in [6.07, 6.45) is 1.01. The van der Waals surface area contributed by atoms with Crippen LogP contribution in [0.15, 0.2) is 23.1 Å². The summed E-state index contributed by atoms with van der Waals surface area (Å²) >= 11 is 0. The van der Waals surface area contributed by atoms with E-state index in [2.05, 4.69) is 10.4 Å². The molecule has 0 radical (unpaired) electrons. The molecule has 102 valence electrons. The van der Waals surface area contributed by atoms with Gasteiger partial charge in [-0.1, -0.05) is 0 Å². The van der Waals surface area contributed by atoms with Gasteiger partial charge in [0, 0.05) is 25.0 Å². The largest absolute Gasteiger partial charge is 0.444 e. The van der Waals surface area contributed by atoms with Crippen LogP contribution in [-0.4, -0.2) is 25.9 Å². The van der Waals surface area contributed by atoms with E-state index in [4.69, 9.17) is 4.74 Å². The van der Waals surface area contributed by atoms with Gasteiger partial charge in [0.2, 0.25) is 0 Å². The van der Waals surface area contributed by atoms with Crippen LogP contribution in [0, 0.1) is 0 Å². The molecule has 2 aromatic rings. The van der Waals surface area contributed by atoms with Gasteiger partial charge in [-0.05, 0) is 26.8 Å². The predicted octanol–water partition coefficient (Wildman–Crippen LogP) is 1.38. The number of carbonyl (C=O) groups excluding carboxylic acids is 1. The zero-order chi connectivity index (χ0) is 14.2. The molecule has 0 aliphatic carbocycles. The zero-order valence-electron chi connectivity index (χ0n) is 11.3. The normalized spacial score (nSPS) is 11.6. The molecule has 0 aliphatic heterocycles. The second-order valence-corrected chi connectivity index (χ2v) is 5.18. The molecule has 0 aliphatic rings. The summed E-state index contributed by atoms with van der Waals surface area (Å²) in [7, 11) is 1.57. The number of hydrogen-bond donors (Lipinski definition) is 1. The molecule has 2 rings (SSSR count). The van der Waals surface area contributed by atoms with Crippen molar-refractivity contribution in [3.63, 3.8) is 0 Å². The monoisotopic (exact) mass is 264 g/mol. The highest BCUT2D eigenvalue weighted by Crippen LogP contribution is 2.12. The van der Waals surface area contributed by atoms with E-state index in [1.54, 1.807) is 46.1 Å². The Morgan fingerprint density at radius 1 is 1.42 bits per heavy atom. The summed E-state index contributed by atoms with van der Waals surface area (Å²) in [5, 5.41) is 6.62. The topological polar surface area (TPSA) is 77.6 Å². The number of aromatic nitrogens is 3. The molecule has 2 aromatic heterocycles. The van der Waals surface area contributed by atoms with Gasteiger partial charge in [-0.2, -0.15) is 5.10 Å². The highest BCUT2D eigenvalue weighted by molar-refractivity contribution is 5.85. The number of hydrogen-bond acceptors (Lipinski definition) is 4. The molecule has 0 fully saturated rings. The molecule has 19 heavy (non-hydrogen) atoms. The smallest absolute Gasteiger partial charge is 0.412 e. The molecular formula is C12H16N4O3. The number of nitrogens with zero attached hydrogens (tertiary/aromatic N) is 3. The standard InChI is InChI=1S/C12H16N4O3/c1-12(2,3)19-10(17)13-8-5-6-16-9(7-8)14-15(4)11(16)18/h5-7H,1-4H3,(H,13,17). The Balaban J connectivity index is 2.23. The molecule has 0 saturated heterocycles. The van der Waals surface area contributed by atoms with Crippen LogP contribution in [0.3, 0.4) is 0 Å². The molecule has 0 spiro atoms. The first-order valence-corrected chi connectivity index (χ1v) is 5.82. The first kappa shape index (κ1) is 13.1. The molecule has 0 bridgehead atoms. The van der Waals surface area contributed by atoms with Crippen LogP contribution in [0.4, 0.5) is 10.5 Å². The van der Waals surface area contributed by atoms with Crippen molar-refractivity contribution in [3.05, 3.63) is 28.8 Å². The Hall–Kier alpha value is -2.31. The Labute approximate surface area is 109 Å².